The number of carbonyl (C=O) groups is 2. The molecule has 0 aliphatic heterocycles. The Morgan fingerprint density at radius 3 is 2.74 bits per heavy atom. The second-order valence-corrected chi connectivity index (χ2v) is 4.63. The van der Waals surface area contributed by atoms with Gasteiger partial charge >= 0.3 is 5.97 Å². The molecule has 1 amide bonds. The van der Waals surface area contributed by atoms with Crippen LogP contribution in [0, 0.1) is 0 Å². The summed E-state index contributed by atoms with van der Waals surface area (Å²) in [6.07, 6.45) is 9.82. The number of rotatable bonds is 4. The van der Waals surface area contributed by atoms with Crippen molar-refractivity contribution in [3.8, 4) is 0 Å². The van der Waals surface area contributed by atoms with Gasteiger partial charge in [0.2, 0.25) is 0 Å². The molecule has 0 radical (unpaired) electrons. The zero-order valence-corrected chi connectivity index (χ0v) is 10.5. The van der Waals surface area contributed by atoms with Crippen molar-refractivity contribution in [1.82, 2.24) is 10.3 Å². The number of hydrogen-bond acceptors (Lipinski definition) is 3. The minimum Gasteiger partial charge on any atom is -0.478 e. The fraction of sp³-hybridized carbons (Fsp3) is 0.357. The zero-order valence-electron chi connectivity index (χ0n) is 10.5. The maximum Gasteiger partial charge on any atom is 0.328 e. The Kier molecular flexibility index (Phi) is 4.28. The third kappa shape index (κ3) is 3.91. The van der Waals surface area contributed by atoms with E-state index in [9.17, 15) is 9.59 Å². The summed E-state index contributed by atoms with van der Waals surface area (Å²) in [6.45, 7) is 0. The van der Waals surface area contributed by atoms with Crippen LogP contribution in [0.25, 0.3) is 6.08 Å². The summed E-state index contributed by atoms with van der Waals surface area (Å²) in [5.74, 6) is -1.18. The van der Waals surface area contributed by atoms with Gasteiger partial charge in [0.1, 0.15) is 0 Å². The Bertz CT molecular complexity index is 505. The second-order valence-electron chi connectivity index (χ2n) is 4.63. The van der Waals surface area contributed by atoms with Gasteiger partial charge in [-0.05, 0) is 30.5 Å². The summed E-state index contributed by atoms with van der Waals surface area (Å²) >= 11 is 0. The van der Waals surface area contributed by atoms with Crippen LogP contribution in [-0.4, -0.2) is 28.0 Å². The Morgan fingerprint density at radius 2 is 2.05 bits per heavy atom. The molecule has 2 rings (SSSR count). The van der Waals surface area contributed by atoms with E-state index < -0.39 is 5.97 Å². The number of pyridine rings is 1. The fourth-order valence-electron chi connectivity index (χ4n) is 2.18. The topological polar surface area (TPSA) is 79.3 Å². The van der Waals surface area contributed by atoms with Gasteiger partial charge in [0, 0.05) is 24.5 Å². The standard InChI is InChI=1S/C14H16N2O3/c17-13(18)6-5-10-7-11(9-15-8-10)14(19)16-12-3-1-2-4-12/h5-9,12H,1-4H2,(H,16,19)(H,17,18)/b6-5+. The van der Waals surface area contributed by atoms with E-state index in [0.717, 1.165) is 31.8 Å². The lowest BCUT2D eigenvalue weighted by Gasteiger charge is -2.11. The number of carboxylic acids is 1. The highest BCUT2D eigenvalue weighted by atomic mass is 16.4. The van der Waals surface area contributed by atoms with Crippen molar-refractivity contribution in [2.75, 3.05) is 0 Å². The Labute approximate surface area is 111 Å². The molecular formula is C14H16N2O3. The smallest absolute Gasteiger partial charge is 0.328 e. The molecule has 1 aliphatic rings. The van der Waals surface area contributed by atoms with Crippen LogP contribution in [0.1, 0.15) is 41.6 Å². The average molecular weight is 260 g/mol. The van der Waals surface area contributed by atoms with Crippen molar-refractivity contribution < 1.29 is 14.7 Å². The highest BCUT2D eigenvalue weighted by Crippen LogP contribution is 2.18. The van der Waals surface area contributed by atoms with Gasteiger partial charge in [0.05, 0.1) is 5.56 Å². The second kappa shape index (κ2) is 6.13. The van der Waals surface area contributed by atoms with E-state index in [4.69, 9.17) is 5.11 Å². The minimum atomic E-state index is -1.03. The molecule has 0 atom stereocenters. The van der Waals surface area contributed by atoms with Gasteiger partial charge < -0.3 is 10.4 Å². The lowest BCUT2D eigenvalue weighted by molar-refractivity contribution is -0.131. The molecule has 19 heavy (non-hydrogen) atoms. The maximum atomic E-state index is 12.0. The van der Waals surface area contributed by atoms with Crippen LogP contribution in [0.4, 0.5) is 0 Å². The first kappa shape index (κ1) is 13.3. The first-order valence-corrected chi connectivity index (χ1v) is 6.32. The highest BCUT2D eigenvalue weighted by molar-refractivity contribution is 5.95. The van der Waals surface area contributed by atoms with Crippen molar-refractivity contribution in [2.45, 2.75) is 31.7 Å². The van der Waals surface area contributed by atoms with Gasteiger partial charge in [-0.3, -0.25) is 9.78 Å². The first-order valence-electron chi connectivity index (χ1n) is 6.32. The van der Waals surface area contributed by atoms with E-state index in [-0.39, 0.29) is 11.9 Å². The quantitative estimate of drug-likeness (QED) is 0.810. The van der Waals surface area contributed by atoms with Crippen molar-refractivity contribution in [1.29, 1.82) is 0 Å². The summed E-state index contributed by atoms with van der Waals surface area (Å²) in [7, 11) is 0. The molecule has 5 nitrogen and oxygen atoms in total. The molecule has 0 unspecified atom stereocenters. The van der Waals surface area contributed by atoms with Gasteiger partial charge in [-0.15, -0.1) is 0 Å². The molecule has 1 saturated carbocycles. The third-order valence-corrected chi connectivity index (χ3v) is 3.13. The monoisotopic (exact) mass is 260 g/mol. The number of aliphatic carboxylic acids is 1. The molecule has 1 aromatic rings. The average Bonchev–Trinajstić information content (AvgIpc) is 2.89. The fourth-order valence-corrected chi connectivity index (χ4v) is 2.18. The van der Waals surface area contributed by atoms with Crippen molar-refractivity contribution >= 4 is 18.0 Å². The molecule has 0 saturated heterocycles. The third-order valence-electron chi connectivity index (χ3n) is 3.13. The highest BCUT2D eigenvalue weighted by Gasteiger charge is 2.18. The van der Waals surface area contributed by atoms with Gasteiger partial charge in [0.15, 0.2) is 0 Å². The van der Waals surface area contributed by atoms with Gasteiger partial charge in [-0.1, -0.05) is 12.8 Å². The van der Waals surface area contributed by atoms with Crippen LogP contribution in [0.3, 0.4) is 0 Å². The Balaban J connectivity index is 2.04. The summed E-state index contributed by atoms with van der Waals surface area (Å²) in [4.78, 5) is 26.4. The van der Waals surface area contributed by atoms with Crippen molar-refractivity contribution in [2.24, 2.45) is 0 Å². The molecule has 1 fully saturated rings. The van der Waals surface area contributed by atoms with E-state index in [1.807, 2.05) is 0 Å². The van der Waals surface area contributed by atoms with Gasteiger partial charge in [-0.2, -0.15) is 0 Å². The molecule has 0 aromatic carbocycles. The predicted octanol–water partition coefficient (Wildman–Crippen LogP) is 1.85. The van der Waals surface area contributed by atoms with Crippen LogP contribution in [0.15, 0.2) is 24.5 Å². The van der Waals surface area contributed by atoms with Crippen molar-refractivity contribution in [3.63, 3.8) is 0 Å². The largest absolute Gasteiger partial charge is 0.478 e. The molecule has 2 N–H and O–H groups in total. The summed E-state index contributed by atoms with van der Waals surface area (Å²) in [6, 6.07) is 1.89. The minimum absolute atomic E-state index is 0.148. The van der Waals surface area contributed by atoms with E-state index in [1.54, 1.807) is 6.07 Å². The number of nitrogens with one attached hydrogen (secondary N) is 1. The predicted molar refractivity (Wildman–Crippen MR) is 70.6 cm³/mol. The lowest BCUT2D eigenvalue weighted by atomic mass is 10.1. The van der Waals surface area contributed by atoms with Crippen LogP contribution < -0.4 is 5.32 Å². The van der Waals surface area contributed by atoms with Crippen LogP contribution in [-0.2, 0) is 4.79 Å². The summed E-state index contributed by atoms with van der Waals surface area (Å²) in [5, 5.41) is 11.5. The molecular weight excluding hydrogens is 244 g/mol. The molecule has 1 aliphatic carbocycles. The first-order chi connectivity index (χ1) is 9.15. The van der Waals surface area contributed by atoms with Crippen molar-refractivity contribution in [3.05, 3.63) is 35.7 Å². The molecule has 0 bridgehead atoms. The number of carbonyl (C=O) groups excluding carboxylic acids is 1. The molecule has 1 heterocycles. The molecule has 0 spiro atoms. The summed E-state index contributed by atoms with van der Waals surface area (Å²) in [5.41, 5.74) is 1.06. The van der Waals surface area contributed by atoms with Crippen LogP contribution in [0.5, 0.6) is 0 Å². The molecule has 5 heteroatoms. The van der Waals surface area contributed by atoms with Crippen LogP contribution >= 0.6 is 0 Å². The summed E-state index contributed by atoms with van der Waals surface area (Å²) < 4.78 is 0. The van der Waals surface area contributed by atoms with E-state index in [0.29, 0.717) is 11.1 Å². The zero-order chi connectivity index (χ0) is 13.7. The van der Waals surface area contributed by atoms with Gasteiger partial charge in [-0.25, -0.2) is 4.79 Å². The number of nitrogens with zero attached hydrogens (tertiary/aromatic N) is 1. The maximum absolute atomic E-state index is 12.0. The SMILES string of the molecule is O=C(O)/C=C/c1cncc(C(=O)NC2CCCC2)c1. The lowest BCUT2D eigenvalue weighted by Crippen LogP contribution is -2.32. The molecule has 1 aromatic heterocycles. The number of aromatic nitrogens is 1. The van der Waals surface area contributed by atoms with Crippen LogP contribution in [0.2, 0.25) is 0 Å². The number of carboxylic acid groups (broad SMARTS) is 1. The Morgan fingerprint density at radius 1 is 1.32 bits per heavy atom. The van der Waals surface area contributed by atoms with E-state index in [2.05, 4.69) is 10.3 Å². The Hall–Kier alpha value is -2.17. The molecule has 100 valence electrons. The van der Waals surface area contributed by atoms with E-state index in [1.165, 1.54) is 18.5 Å². The van der Waals surface area contributed by atoms with E-state index >= 15 is 0 Å². The normalized spacial score (nSPS) is 15.8. The number of hydrogen-bond donors (Lipinski definition) is 2. The van der Waals surface area contributed by atoms with Gasteiger partial charge in [0.25, 0.3) is 5.91 Å². The number of amides is 1.